The molecule has 0 amide bonds. The number of rotatable bonds is 5. The number of aryl methyl sites for hydroxylation is 1. The van der Waals surface area contributed by atoms with E-state index in [0.717, 1.165) is 24.2 Å². The number of aromatic nitrogens is 1. The van der Waals surface area contributed by atoms with Gasteiger partial charge >= 0.3 is 0 Å². The van der Waals surface area contributed by atoms with Crippen LogP contribution in [0.2, 0.25) is 0 Å². The van der Waals surface area contributed by atoms with Gasteiger partial charge in [0.1, 0.15) is 0 Å². The number of nitrogens with zero attached hydrogens (tertiary/aromatic N) is 3. The highest BCUT2D eigenvalue weighted by Gasteiger charge is 2.24. The summed E-state index contributed by atoms with van der Waals surface area (Å²) in [6.07, 6.45) is 7.36. The van der Waals surface area contributed by atoms with Crippen molar-refractivity contribution in [3.8, 4) is 0 Å². The maximum absolute atomic E-state index is 4.81. The lowest BCUT2D eigenvalue weighted by molar-refractivity contribution is 0.773. The molecule has 0 spiro atoms. The highest BCUT2D eigenvalue weighted by molar-refractivity contribution is 6.04. The molecule has 0 saturated heterocycles. The Bertz CT molecular complexity index is 631. The summed E-state index contributed by atoms with van der Waals surface area (Å²) in [6.45, 7) is 5.38. The van der Waals surface area contributed by atoms with Crippen LogP contribution in [-0.2, 0) is 6.42 Å². The van der Waals surface area contributed by atoms with Crippen LogP contribution in [-0.4, -0.2) is 17.2 Å². The van der Waals surface area contributed by atoms with Crippen molar-refractivity contribution in [3.05, 3.63) is 59.9 Å². The molecule has 1 unspecified atom stereocenters. The number of hydrogen-bond acceptors (Lipinski definition) is 3. The van der Waals surface area contributed by atoms with Crippen molar-refractivity contribution >= 4 is 11.4 Å². The SMILES string of the molecule is CCCCc1ccc(N2CC(C)C(c3cccnc3)=N2)cc1. The van der Waals surface area contributed by atoms with Crippen LogP contribution in [0.4, 0.5) is 5.69 Å². The Balaban J connectivity index is 1.77. The fourth-order valence-electron chi connectivity index (χ4n) is 2.85. The summed E-state index contributed by atoms with van der Waals surface area (Å²) in [5.41, 5.74) is 4.83. The lowest BCUT2D eigenvalue weighted by atomic mass is 10.0. The largest absolute Gasteiger partial charge is 0.265 e. The summed E-state index contributed by atoms with van der Waals surface area (Å²) in [6, 6.07) is 12.9. The maximum atomic E-state index is 4.81. The van der Waals surface area contributed by atoms with Crippen LogP contribution in [0.1, 0.15) is 37.8 Å². The summed E-state index contributed by atoms with van der Waals surface area (Å²) >= 11 is 0. The van der Waals surface area contributed by atoms with Crippen LogP contribution in [0.15, 0.2) is 53.9 Å². The highest BCUT2D eigenvalue weighted by Crippen LogP contribution is 2.25. The smallest absolute Gasteiger partial charge is 0.0743 e. The van der Waals surface area contributed by atoms with Gasteiger partial charge in [0.05, 0.1) is 11.4 Å². The van der Waals surface area contributed by atoms with E-state index >= 15 is 0 Å². The Morgan fingerprint density at radius 2 is 2.00 bits per heavy atom. The predicted octanol–water partition coefficient (Wildman–Crippen LogP) is 4.28. The molecule has 114 valence electrons. The molecule has 1 aliphatic rings. The molecule has 2 heterocycles. The second-order valence-corrected chi connectivity index (χ2v) is 5.98. The second kappa shape index (κ2) is 6.73. The zero-order chi connectivity index (χ0) is 15.4. The average Bonchev–Trinajstić information content (AvgIpc) is 2.96. The Morgan fingerprint density at radius 3 is 2.68 bits per heavy atom. The van der Waals surface area contributed by atoms with Gasteiger partial charge in [-0.15, -0.1) is 0 Å². The Hall–Kier alpha value is -2.16. The minimum absolute atomic E-state index is 0.420. The maximum Gasteiger partial charge on any atom is 0.0743 e. The van der Waals surface area contributed by atoms with Crippen molar-refractivity contribution in [2.75, 3.05) is 11.6 Å². The molecule has 0 bridgehead atoms. The molecule has 0 N–H and O–H groups in total. The van der Waals surface area contributed by atoms with Gasteiger partial charge in [-0.1, -0.05) is 32.4 Å². The van der Waals surface area contributed by atoms with Crippen molar-refractivity contribution < 1.29 is 0 Å². The van der Waals surface area contributed by atoms with Crippen LogP contribution in [0.25, 0.3) is 0 Å². The molecule has 3 rings (SSSR count). The molecule has 3 heteroatoms. The van der Waals surface area contributed by atoms with Crippen LogP contribution in [0.3, 0.4) is 0 Å². The minimum Gasteiger partial charge on any atom is -0.265 e. The van der Waals surface area contributed by atoms with E-state index in [1.54, 1.807) is 6.20 Å². The summed E-state index contributed by atoms with van der Waals surface area (Å²) < 4.78 is 0. The lowest BCUT2D eigenvalue weighted by Crippen LogP contribution is -2.17. The molecule has 0 saturated carbocycles. The number of hydrazone groups is 1. The van der Waals surface area contributed by atoms with Gasteiger partial charge in [-0.3, -0.25) is 9.99 Å². The predicted molar refractivity (Wildman–Crippen MR) is 92.3 cm³/mol. The molecule has 3 nitrogen and oxygen atoms in total. The monoisotopic (exact) mass is 293 g/mol. The van der Waals surface area contributed by atoms with Crippen LogP contribution in [0, 0.1) is 5.92 Å². The van der Waals surface area contributed by atoms with Gasteiger partial charge in [-0.05, 0) is 42.7 Å². The first-order chi connectivity index (χ1) is 10.8. The summed E-state index contributed by atoms with van der Waals surface area (Å²) in [4.78, 5) is 4.20. The molecular weight excluding hydrogens is 270 g/mol. The summed E-state index contributed by atoms with van der Waals surface area (Å²) in [7, 11) is 0. The molecular formula is C19H23N3. The van der Waals surface area contributed by atoms with Gasteiger partial charge in [0.25, 0.3) is 0 Å². The summed E-state index contributed by atoms with van der Waals surface area (Å²) in [5.74, 6) is 0.420. The first-order valence-electron chi connectivity index (χ1n) is 8.13. The minimum atomic E-state index is 0.420. The van der Waals surface area contributed by atoms with Crippen LogP contribution in [0.5, 0.6) is 0 Å². The average molecular weight is 293 g/mol. The number of anilines is 1. The Morgan fingerprint density at radius 1 is 1.18 bits per heavy atom. The lowest BCUT2D eigenvalue weighted by Gasteiger charge is -2.15. The van der Waals surface area contributed by atoms with E-state index in [-0.39, 0.29) is 0 Å². The molecule has 0 radical (unpaired) electrons. The molecule has 1 aromatic carbocycles. The Labute approximate surface area is 132 Å². The van der Waals surface area contributed by atoms with Crippen molar-refractivity contribution in [1.82, 2.24) is 4.98 Å². The second-order valence-electron chi connectivity index (χ2n) is 5.98. The molecule has 1 atom stereocenters. The first kappa shape index (κ1) is 14.8. The first-order valence-corrected chi connectivity index (χ1v) is 8.13. The number of pyridine rings is 1. The third-order valence-corrected chi connectivity index (χ3v) is 4.15. The fraction of sp³-hybridized carbons (Fsp3) is 0.368. The number of benzene rings is 1. The van der Waals surface area contributed by atoms with Crippen LogP contribution >= 0.6 is 0 Å². The van der Waals surface area contributed by atoms with Crippen LogP contribution < -0.4 is 5.01 Å². The van der Waals surface area contributed by atoms with Gasteiger partial charge in [0.15, 0.2) is 0 Å². The normalized spacial score (nSPS) is 17.6. The third kappa shape index (κ3) is 3.19. The molecule has 22 heavy (non-hydrogen) atoms. The van der Waals surface area contributed by atoms with Gasteiger partial charge in [0, 0.05) is 30.4 Å². The van der Waals surface area contributed by atoms with E-state index in [9.17, 15) is 0 Å². The quantitative estimate of drug-likeness (QED) is 0.823. The van der Waals surface area contributed by atoms with E-state index in [1.165, 1.54) is 24.1 Å². The molecule has 0 fully saturated rings. The van der Waals surface area contributed by atoms with E-state index in [1.807, 2.05) is 12.3 Å². The molecule has 1 aromatic heterocycles. The van der Waals surface area contributed by atoms with Crippen molar-refractivity contribution in [2.45, 2.75) is 33.1 Å². The number of unbranched alkanes of at least 4 members (excludes halogenated alkanes) is 1. The Kier molecular flexibility index (Phi) is 4.52. The van der Waals surface area contributed by atoms with Gasteiger partial charge in [0.2, 0.25) is 0 Å². The fourth-order valence-corrected chi connectivity index (χ4v) is 2.85. The highest BCUT2D eigenvalue weighted by atomic mass is 15.5. The van der Waals surface area contributed by atoms with E-state index in [2.05, 4.69) is 54.2 Å². The standard InChI is InChI=1S/C19H23N3/c1-3-4-6-16-8-10-18(11-9-16)22-14-15(2)19(21-22)17-7-5-12-20-13-17/h5,7-13,15H,3-4,6,14H2,1-2H3. The van der Waals surface area contributed by atoms with E-state index < -0.39 is 0 Å². The van der Waals surface area contributed by atoms with E-state index in [0.29, 0.717) is 5.92 Å². The van der Waals surface area contributed by atoms with Crippen molar-refractivity contribution in [1.29, 1.82) is 0 Å². The van der Waals surface area contributed by atoms with Gasteiger partial charge < -0.3 is 0 Å². The van der Waals surface area contributed by atoms with Crippen molar-refractivity contribution in [2.24, 2.45) is 11.0 Å². The third-order valence-electron chi connectivity index (χ3n) is 4.15. The van der Waals surface area contributed by atoms with Gasteiger partial charge in [-0.25, -0.2) is 0 Å². The zero-order valence-electron chi connectivity index (χ0n) is 13.4. The van der Waals surface area contributed by atoms with E-state index in [4.69, 9.17) is 5.10 Å². The summed E-state index contributed by atoms with van der Waals surface area (Å²) in [5, 5.41) is 6.92. The molecule has 1 aliphatic heterocycles. The topological polar surface area (TPSA) is 28.5 Å². The molecule has 0 aliphatic carbocycles. The molecule has 2 aromatic rings. The number of hydrogen-bond donors (Lipinski definition) is 0. The zero-order valence-corrected chi connectivity index (χ0v) is 13.4. The van der Waals surface area contributed by atoms with Gasteiger partial charge in [-0.2, -0.15) is 5.10 Å². The van der Waals surface area contributed by atoms with Crippen molar-refractivity contribution in [3.63, 3.8) is 0 Å².